The van der Waals surface area contributed by atoms with Crippen molar-refractivity contribution in [1.29, 1.82) is 0 Å². The average molecular weight is 249 g/mol. The Labute approximate surface area is 110 Å². The quantitative estimate of drug-likeness (QED) is 0.753. The van der Waals surface area contributed by atoms with Crippen LogP contribution in [0.4, 0.5) is 0 Å². The van der Waals surface area contributed by atoms with E-state index in [4.69, 9.17) is 9.47 Å². The summed E-state index contributed by atoms with van der Waals surface area (Å²) in [6, 6.07) is 6.47. The Kier molecular flexibility index (Phi) is 5.89. The Hall–Kier alpha value is -1.32. The van der Waals surface area contributed by atoms with Gasteiger partial charge in [0.05, 0.1) is 13.7 Å². The molecular weight excluding hydrogens is 226 g/mol. The summed E-state index contributed by atoms with van der Waals surface area (Å²) in [6.07, 6.45) is 0. The second-order valence-corrected chi connectivity index (χ2v) is 4.56. The zero-order valence-corrected chi connectivity index (χ0v) is 11.7. The molecule has 0 radical (unpaired) electrons. The van der Waals surface area contributed by atoms with Crippen molar-refractivity contribution in [2.24, 2.45) is 0 Å². The molecule has 100 valence electrons. The van der Waals surface area contributed by atoms with Crippen molar-refractivity contribution in [1.82, 2.24) is 5.32 Å². The molecule has 18 heavy (non-hydrogen) atoms. The predicted octanol–water partition coefficient (Wildman–Crippen LogP) is 3.07. The van der Waals surface area contributed by atoms with Gasteiger partial charge in [0, 0.05) is 25.3 Å². The summed E-state index contributed by atoms with van der Waals surface area (Å²) in [5.41, 5.74) is 3.43. The Bertz CT molecular complexity index is 401. The molecule has 0 saturated heterocycles. The van der Waals surface area contributed by atoms with Gasteiger partial charge in [0.1, 0.15) is 5.75 Å². The van der Waals surface area contributed by atoms with E-state index in [0.29, 0.717) is 6.61 Å². The maximum atomic E-state index is 5.32. The molecule has 1 atom stereocenters. The maximum absolute atomic E-state index is 5.32. The van der Waals surface area contributed by atoms with Gasteiger partial charge in [0.2, 0.25) is 0 Å². The summed E-state index contributed by atoms with van der Waals surface area (Å²) in [5.74, 6) is 0.868. The highest BCUT2D eigenvalue weighted by molar-refractivity contribution is 5.38. The highest BCUT2D eigenvalue weighted by atomic mass is 16.5. The van der Waals surface area contributed by atoms with Crippen molar-refractivity contribution in [3.05, 3.63) is 41.5 Å². The lowest BCUT2D eigenvalue weighted by Crippen LogP contribution is -2.20. The van der Waals surface area contributed by atoms with Crippen LogP contribution in [0.1, 0.15) is 31.0 Å². The topological polar surface area (TPSA) is 30.5 Å². The van der Waals surface area contributed by atoms with Crippen LogP contribution in [-0.4, -0.2) is 20.8 Å². The van der Waals surface area contributed by atoms with Gasteiger partial charge in [-0.2, -0.15) is 0 Å². The van der Waals surface area contributed by atoms with Crippen LogP contribution in [0.15, 0.2) is 30.4 Å². The van der Waals surface area contributed by atoms with Gasteiger partial charge in [0.15, 0.2) is 0 Å². The molecule has 0 aliphatic rings. The third-order valence-electron chi connectivity index (χ3n) is 2.81. The average Bonchev–Trinajstić information content (AvgIpc) is 2.36. The van der Waals surface area contributed by atoms with Crippen molar-refractivity contribution in [3.8, 4) is 5.75 Å². The largest absolute Gasteiger partial charge is 0.496 e. The second-order valence-electron chi connectivity index (χ2n) is 4.56. The first kappa shape index (κ1) is 14.7. The fraction of sp³-hybridized carbons (Fsp3) is 0.467. The highest BCUT2D eigenvalue weighted by Crippen LogP contribution is 2.24. The number of methoxy groups -OCH3 is 2. The van der Waals surface area contributed by atoms with E-state index < -0.39 is 0 Å². The molecule has 0 aromatic heterocycles. The van der Waals surface area contributed by atoms with E-state index in [1.165, 1.54) is 5.56 Å². The van der Waals surface area contributed by atoms with E-state index in [-0.39, 0.29) is 6.04 Å². The number of ether oxygens (including phenoxy) is 2. The fourth-order valence-corrected chi connectivity index (χ4v) is 1.78. The van der Waals surface area contributed by atoms with Crippen LogP contribution in [0.3, 0.4) is 0 Å². The number of benzene rings is 1. The smallest absolute Gasteiger partial charge is 0.124 e. The van der Waals surface area contributed by atoms with Gasteiger partial charge in [0.25, 0.3) is 0 Å². The van der Waals surface area contributed by atoms with Gasteiger partial charge in [-0.15, -0.1) is 0 Å². The molecule has 1 unspecified atom stereocenters. The van der Waals surface area contributed by atoms with E-state index in [2.05, 4.69) is 31.0 Å². The first-order chi connectivity index (χ1) is 8.58. The number of hydrogen-bond acceptors (Lipinski definition) is 3. The third kappa shape index (κ3) is 4.17. The molecule has 1 N–H and O–H groups in total. The molecule has 0 aliphatic carbocycles. The predicted molar refractivity (Wildman–Crippen MR) is 74.9 cm³/mol. The van der Waals surface area contributed by atoms with E-state index in [1.54, 1.807) is 14.2 Å². The van der Waals surface area contributed by atoms with Crippen LogP contribution in [-0.2, 0) is 11.3 Å². The Morgan fingerprint density at radius 3 is 2.67 bits per heavy atom. The molecule has 1 aromatic carbocycles. The maximum Gasteiger partial charge on any atom is 0.124 e. The SMILES string of the molecule is C=C(C)CNC(C)c1ccc(OC)c(COC)c1. The van der Waals surface area contributed by atoms with E-state index in [1.807, 2.05) is 13.0 Å². The Morgan fingerprint density at radius 1 is 1.39 bits per heavy atom. The van der Waals surface area contributed by atoms with E-state index in [0.717, 1.165) is 23.4 Å². The zero-order valence-electron chi connectivity index (χ0n) is 11.7. The van der Waals surface area contributed by atoms with E-state index >= 15 is 0 Å². The van der Waals surface area contributed by atoms with Crippen molar-refractivity contribution < 1.29 is 9.47 Å². The molecule has 0 amide bonds. The van der Waals surface area contributed by atoms with Crippen molar-refractivity contribution in [2.45, 2.75) is 26.5 Å². The molecule has 0 aliphatic heterocycles. The molecule has 0 saturated carbocycles. The molecule has 3 nitrogen and oxygen atoms in total. The summed E-state index contributed by atoms with van der Waals surface area (Å²) in [6.45, 7) is 9.44. The zero-order chi connectivity index (χ0) is 13.5. The van der Waals surface area contributed by atoms with Gasteiger partial charge in [-0.1, -0.05) is 18.2 Å². The van der Waals surface area contributed by atoms with Gasteiger partial charge >= 0.3 is 0 Å². The van der Waals surface area contributed by atoms with Gasteiger partial charge in [-0.05, 0) is 31.5 Å². The standard InChI is InChI=1S/C15H23NO2/c1-11(2)9-16-12(3)13-6-7-15(18-5)14(8-13)10-17-4/h6-8,12,16H,1,9-10H2,2-5H3. The lowest BCUT2D eigenvalue weighted by molar-refractivity contribution is 0.181. The molecule has 3 heteroatoms. The summed E-state index contributed by atoms with van der Waals surface area (Å²) in [4.78, 5) is 0. The molecular formula is C15H23NO2. The third-order valence-corrected chi connectivity index (χ3v) is 2.81. The Morgan fingerprint density at radius 2 is 2.11 bits per heavy atom. The normalized spacial score (nSPS) is 12.2. The highest BCUT2D eigenvalue weighted by Gasteiger charge is 2.09. The second kappa shape index (κ2) is 7.19. The molecule has 1 aromatic rings. The van der Waals surface area contributed by atoms with Gasteiger partial charge in [-0.25, -0.2) is 0 Å². The van der Waals surface area contributed by atoms with Gasteiger partial charge < -0.3 is 14.8 Å². The summed E-state index contributed by atoms with van der Waals surface area (Å²) < 4.78 is 10.5. The van der Waals surface area contributed by atoms with Crippen molar-refractivity contribution in [3.63, 3.8) is 0 Å². The number of nitrogens with one attached hydrogen (secondary N) is 1. The molecule has 0 heterocycles. The van der Waals surface area contributed by atoms with Crippen molar-refractivity contribution in [2.75, 3.05) is 20.8 Å². The van der Waals surface area contributed by atoms with Crippen LogP contribution >= 0.6 is 0 Å². The van der Waals surface area contributed by atoms with Crippen LogP contribution in [0.2, 0.25) is 0 Å². The van der Waals surface area contributed by atoms with Crippen LogP contribution in [0, 0.1) is 0 Å². The minimum Gasteiger partial charge on any atom is -0.496 e. The number of hydrogen-bond donors (Lipinski definition) is 1. The van der Waals surface area contributed by atoms with Crippen LogP contribution < -0.4 is 10.1 Å². The summed E-state index contributed by atoms with van der Waals surface area (Å²) >= 11 is 0. The summed E-state index contributed by atoms with van der Waals surface area (Å²) in [7, 11) is 3.37. The number of rotatable bonds is 7. The minimum absolute atomic E-state index is 0.281. The van der Waals surface area contributed by atoms with Crippen LogP contribution in [0.5, 0.6) is 5.75 Å². The monoisotopic (exact) mass is 249 g/mol. The molecule has 0 bridgehead atoms. The molecule has 1 rings (SSSR count). The van der Waals surface area contributed by atoms with Gasteiger partial charge in [-0.3, -0.25) is 0 Å². The first-order valence-electron chi connectivity index (χ1n) is 6.12. The summed E-state index contributed by atoms with van der Waals surface area (Å²) in [5, 5.41) is 3.42. The van der Waals surface area contributed by atoms with Crippen molar-refractivity contribution >= 4 is 0 Å². The fourth-order valence-electron chi connectivity index (χ4n) is 1.78. The van der Waals surface area contributed by atoms with E-state index in [9.17, 15) is 0 Å². The lowest BCUT2D eigenvalue weighted by Gasteiger charge is -2.17. The Balaban J connectivity index is 2.82. The molecule has 0 fully saturated rings. The lowest BCUT2D eigenvalue weighted by atomic mass is 10.0. The van der Waals surface area contributed by atoms with Crippen LogP contribution in [0.25, 0.3) is 0 Å². The first-order valence-corrected chi connectivity index (χ1v) is 6.12. The molecule has 0 spiro atoms. The minimum atomic E-state index is 0.281.